The van der Waals surface area contributed by atoms with Crippen molar-refractivity contribution in [2.45, 2.75) is 33.7 Å². The molecule has 5 nitrogen and oxygen atoms in total. The summed E-state index contributed by atoms with van der Waals surface area (Å²) in [7, 11) is 8.40. The van der Waals surface area contributed by atoms with Crippen LogP contribution in [0.15, 0.2) is 4.79 Å². The monoisotopic (exact) mass is 380 g/mol. The fourth-order valence-corrected chi connectivity index (χ4v) is 3.97. The Labute approximate surface area is 139 Å². The van der Waals surface area contributed by atoms with Gasteiger partial charge in [-0.3, -0.25) is 9.36 Å². The summed E-state index contributed by atoms with van der Waals surface area (Å²) in [5.74, 6) is -0.366. The van der Waals surface area contributed by atoms with Crippen LogP contribution in [-0.4, -0.2) is 24.6 Å². The molecule has 0 spiro atoms. The number of hydrogen-bond donors (Lipinski definition) is 0. The molecule has 1 heterocycles. The largest absolute Gasteiger partial charge is 0.435 e. The van der Waals surface area contributed by atoms with Gasteiger partial charge in [-0.15, -0.1) is 8.93 Å². The van der Waals surface area contributed by atoms with Crippen LogP contribution in [0.1, 0.15) is 29.8 Å². The van der Waals surface area contributed by atoms with E-state index in [-0.39, 0.29) is 11.5 Å². The molecule has 0 saturated carbocycles. The van der Waals surface area contributed by atoms with Crippen LogP contribution in [0.2, 0.25) is 0 Å². The number of aromatic nitrogens is 1. The molecule has 0 aliphatic carbocycles. The molecule has 1 aromatic rings. The predicted molar refractivity (Wildman–Crippen MR) is 105 cm³/mol. The molecule has 0 radical (unpaired) electrons. The Morgan fingerprint density at radius 1 is 1.32 bits per heavy atom. The highest BCUT2D eigenvalue weighted by Crippen LogP contribution is 2.66. The molecule has 22 heavy (non-hydrogen) atoms. The van der Waals surface area contributed by atoms with Gasteiger partial charge in [0.1, 0.15) is 19.3 Å². The maximum atomic E-state index is 12.8. The Morgan fingerprint density at radius 2 is 1.86 bits per heavy atom. The molecule has 0 amide bonds. The average Bonchev–Trinajstić information content (AvgIpc) is 2.44. The van der Waals surface area contributed by atoms with E-state index in [0.29, 0.717) is 13.6 Å². The second kappa shape index (κ2) is 8.16. The van der Waals surface area contributed by atoms with Gasteiger partial charge in [0.05, 0.1) is 0 Å². The van der Waals surface area contributed by atoms with Crippen molar-refractivity contribution >= 4 is 45.0 Å². The summed E-state index contributed by atoms with van der Waals surface area (Å²) in [5.41, 5.74) is 3.23. The minimum Gasteiger partial charge on any atom is -0.435 e. The van der Waals surface area contributed by atoms with Crippen molar-refractivity contribution in [2.24, 2.45) is 0 Å². The van der Waals surface area contributed by atoms with Gasteiger partial charge in [0.2, 0.25) is 0 Å². The molecule has 1 aromatic heterocycles. The van der Waals surface area contributed by atoms with Crippen LogP contribution in [-0.2, 0) is 9.32 Å². The van der Waals surface area contributed by atoms with E-state index in [1.54, 1.807) is 16.4 Å². The standard InChI is InChI=1S/C13H24N2O3P4/c1-7-8(2)11(14(5)6)12(16)15(9(7)3)10(4)13(17)18-22(20)21-19/h10,21H,19-20H2,1-6H3. The lowest BCUT2D eigenvalue weighted by Gasteiger charge is -2.25. The van der Waals surface area contributed by atoms with Crippen LogP contribution in [0, 0.1) is 20.8 Å². The van der Waals surface area contributed by atoms with E-state index in [9.17, 15) is 9.59 Å². The summed E-state index contributed by atoms with van der Waals surface area (Å²) in [4.78, 5) is 26.9. The normalized spacial score (nSPS) is 14.2. The van der Waals surface area contributed by atoms with Crippen molar-refractivity contribution in [1.82, 2.24) is 4.57 Å². The molecule has 5 unspecified atom stereocenters. The van der Waals surface area contributed by atoms with Gasteiger partial charge in [-0.05, 0) is 46.8 Å². The molecule has 124 valence electrons. The SMILES string of the molecule is Cc1c(C)c(C)n(C(C)C(=O)OP(P)PP)c(=O)c1N(C)C. The Kier molecular flexibility index (Phi) is 7.41. The van der Waals surface area contributed by atoms with E-state index >= 15 is 0 Å². The third-order valence-electron chi connectivity index (χ3n) is 3.73. The summed E-state index contributed by atoms with van der Waals surface area (Å²) < 4.78 is 6.94. The fourth-order valence-electron chi connectivity index (χ4n) is 2.35. The summed E-state index contributed by atoms with van der Waals surface area (Å²) in [6.07, 6.45) is 0. The van der Waals surface area contributed by atoms with Gasteiger partial charge in [-0.2, -0.15) is 0 Å². The smallest absolute Gasteiger partial charge is 0.332 e. The summed E-state index contributed by atoms with van der Waals surface area (Å²) in [5, 5.41) is 0. The maximum absolute atomic E-state index is 12.8. The van der Waals surface area contributed by atoms with Crippen molar-refractivity contribution in [2.75, 3.05) is 19.0 Å². The molecule has 0 saturated heterocycles. The first-order valence-corrected chi connectivity index (χ1v) is 13.3. The van der Waals surface area contributed by atoms with Crippen LogP contribution in [0.3, 0.4) is 0 Å². The van der Waals surface area contributed by atoms with Crippen LogP contribution in [0.25, 0.3) is 0 Å². The van der Waals surface area contributed by atoms with Crippen LogP contribution >= 0.6 is 33.3 Å². The topological polar surface area (TPSA) is 51.5 Å². The van der Waals surface area contributed by atoms with Crippen molar-refractivity contribution in [3.05, 3.63) is 27.2 Å². The zero-order valence-electron chi connectivity index (χ0n) is 13.8. The van der Waals surface area contributed by atoms with Gasteiger partial charge in [0.25, 0.3) is 5.56 Å². The first kappa shape index (κ1) is 20.0. The first-order chi connectivity index (χ1) is 10.1. The lowest BCUT2D eigenvalue weighted by molar-refractivity contribution is -0.136. The number of nitrogens with zero attached hydrogens (tertiary/aromatic N) is 2. The van der Waals surface area contributed by atoms with E-state index in [1.165, 1.54) is 0 Å². The lowest BCUT2D eigenvalue weighted by atomic mass is 10.1. The van der Waals surface area contributed by atoms with E-state index < -0.39 is 13.6 Å². The molecular weight excluding hydrogens is 356 g/mol. The number of hydrogen-bond acceptors (Lipinski definition) is 4. The molecule has 0 bridgehead atoms. The van der Waals surface area contributed by atoms with Gasteiger partial charge < -0.3 is 9.42 Å². The van der Waals surface area contributed by atoms with Crippen molar-refractivity contribution < 1.29 is 9.32 Å². The Morgan fingerprint density at radius 3 is 2.32 bits per heavy atom. The highest BCUT2D eigenvalue weighted by atomic mass is 32.6. The number of carbonyl (C=O) groups excluding carboxylic acids is 1. The zero-order valence-corrected chi connectivity index (χ0v) is 18.0. The fraction of sp³-hybridized carbons (Fsp3) is 0.538. The van der Waals surface area contributed by atoms with Crippen LogP contribution in [0.5, 0.6) is 0 Å². The van der Waals surface area contributed by atoms with Gasteiger partial charge in [-0.25, -0.2) is 4.79 Å². The summed E-state index contributed by atoms with van der Waals surface area (Å²) in [6.45, 7) is 7.49. The minimum atomic E-state index is -0.862. The van der Waals surface area contributed by atoms with Crippen molar-refractivity contribution in [3.63, 3.8) is 0 Å². The number of pyridine rings is 1. The summed E-state index contributed by atoms with van der Waals surface area (Å²) in [6, 6.07) is -0.641. The molecule has 0 fully saturated rings. The first-order valence-electron chi connectivity index (χ1n) is 6.75. The summed E-state index contributed by atoms with van der Waals surface area (Å²) >= 11 is 0. The van der Waals surface area contributed by atoms with Crippen LogP contribution in [0.4, 0.5) is 5.69 Å². The highest BCUT2D eigenvalue weighted by Gasteiger charge is 2.25. The second-order valence-corrected chi connectivity index (χ2v) is 13.8. The van der Waals surface area contributed by atoms with Crippen molar-refractivity contribution in [3.8, 4) is 0 Å². The number of anilines is 1. The third kappa shape index (κ3) is 4.07. The zero-order chi connectivity index (χ0) is 17.2. The average molecular weight is 380 g/mol. The molecular formula is C13H24N2O3P4. The van der Waals surface area contributed by atoms with Gasteiger partial charge in [0, 0.05) is 19.8 Å². The molecule has 5 atom stereocenters. The van der Waals surface area contributed by atoms with Crippen molar-refractivity contribution in [1.29, 1.82) is 0 Å². The third-order valence-corrected chi connectivity index (χ3v) is 12.0. The minimum absolute atomic E-state index is 0.156. The van der Waals surface area contributed by atoms with E-state index in [4.69, 9.17) is 4.52 Å². The molecule has 0 N–H and O–H groups in total. The Bertz CT molecular complexity index is 631. The van der Waals surface area contributed by atoms with Gasteiger partial charge >= 0.3 is 5.97 Å². The molecule has 0 aromatic carbocycles. The lowest BCUT2D eigenvalue weighted by Crippen LogP contribution is -2.35. The number of rotatable bonds is 5. The van der Waals surface area contributed by atoms with Gasteiger partial charge in [-0.1, -0.05) is 8.93 Å². The molecule has 9 heteroatoms. The van der Waals surface area contributed by atoms with E-state index in [2.05, 4.69) is 17.9 Å². The predicted octanol–water partition coefficient (Wildman–Crippen LogP) is 3.51. The Balaban J connectivity index is 3.42. The quantitative estimate of drug-likeness (QED) is 0.734. The maximum Gasteiger partial charge on any atom is 0.332 e. The number of carbonyl (C=O) groups is 1. The highest BCUT2D eigenvalue weighted by molar-refractivity contribution is 8.59. The molecule has 0 aliphatic rings. The molecule has 0 aliphatic heterocycles. The van der Waals surface area contributed by atoms with Gasteiger partial charge in [0.15, 0.2) is 0 Å². The van der Waals surface area contributed by atoms with Crippen LogP contribution < -0.4 is 10.5 Å². The molecule has 1 rings (SSSR count). The second-order valence-electron chi connectivity index (χ2n) is 5.29. The van der Waals surface area contributed by atoms with E-state index in [1.807, 2.05) is 34.9 Å². The van der Waals surface area contributed by atoms with E-state index in [0.717, 1.165) is 16.8 Å². The Hall–Kier alpha value is -0.0600.